The van der Waals surface area contributed by atoms with E-state index in [-0.39, 0.29) is 102 Å². The van der Waals surface area contributed by atoms with E-state index in [1.807, 2.05) is 30.3 Å². The second-order valence-electron chi connectivity index (χ2n) is 31.9. The monoisotopic (exact) mass is 2040 g/mol. The topological polar surface area (TPSA) is 529 Å². The lowest BCUT2D eigenvalue weighted by Gasteiger charge is -2.14. The van der Waals surface area contributed by atoms with Gasteiger partial charge in [-0.3, -0.25) is 77.0 Å². The van der Waals surface area contributed by atoms with Gasteiger partial charge in [-0.2, -0.15) is 33.6 Å². The molecular formula is C95H99BrF6N32O10. The van der Waals surface area contributed by atoms with E-state index >= 15 is 0 Å². The maximum atomic E-state index is 12.8. The zero-order valence-electron chi connectivity index (χ0n) is 78.1. The molecule has 15 rings (SSSR count). The molecule has 0 bridgehead atoms. The summed E-state index contributed by atoms with van der Waals surface area (Å²) in [5.41, 5.74) is 9.04. The molecule has 8 amide bonds. The number of carbonyl (C=O) groups is 8. The molecular weight excluding hydrogens is 1940 g/mol. The van der Waals surface area contributed by atoms with Crippen LogP contribution in [0.2, 0.25) is 0 Å². The average molecular weight is 2040 g/mol. The van der Waals surface area contributed by atoms with Crippen LogP contribution in [0.3, 0.4) is 0 Å². The first-order valence-electron chi connectivity index (χ1n) is 45.3. The fourth-order valence-electron chi connectivity index (χ4n) is 13.8. The lowest BCUT2D eigenvalue weighted by Crippen LogP contribution is -2.24. The first-order chi connectivity index (χ1) is 69.6. The molecule has 12 aromatic heterocycles. The molecule has 0 saturated heterocycles. The zero-order chi connectivity index (χ0) is 102. The standard InChI is InChI=1S/C26H25F3N8O3.C25H24F3N9O2.C25H29N7O3.C19H21BrN8O2/c1-30-25(39)21-16-37(36-34-21)13-5-4-6-18-9-10-23(35-33-18)32-24(38)15-19-14-17(11-12-31-19)20-7-2-3-8-22(20)40-26(27,28)29;26-25(27,28)17-9-11-30-20(13-17)15-31-24(39)21-16-37(36-34-21)12-4-2-5-18-7-8-22(35-33-18)32-23(38)14-19-6-1-3-10-29-19;1-26-25(34)22-17-32(31-29-22)12-3-2-7-21-8-9-23(30-28-21)27-24(33)16-18-5-4-6-20(15-18)19-10-13-35-14-11-19;1-21-19(30)16-12-28(27-25-16)9-3-2-4-14-5-6-17(26-24-14)23-18(29)11-15-10-13(20)7-8-22-15/h2-3,7-12,14,16H,4-6,13,15H2,1H3,(H,30,39)(H,32,35,38);1,3,6-11,13,16H,2,4-5,12,14-15H2,(H,31,39)(H,32,35,38);4-6,8-10,15,17H,2-3,7,11-14,16H2,1H3,(H,26,34)(H,27,30,33);5-8,10,12H,2-4,9,11H2,1H3,(H,21,30)(H,23,26,29). The van der Waals surface area contributed by atoms with Crippen LogP contribution in [0.25, 0.3) is 16.7 Å². The first-order valence-corrected chi connectivity index (χ1v) is 46.1. The van der Waals surface area contributed by atoms with E-state index in [9.17, 15) is 64.7 Å². The number of rotatable bonds is 41. The van der Waals surface area contributed by atoms with Gasteiger partial charge in [0.05, 0.1) is 116 Å². The lowest BCUT2D eigenvalue weighted by atomic mass is 9.98. The molecule has 0 fully saturated rings. The Morgan fingerprint density at radius 2 is 0.812 bits per heavy atom. The van der Waals surface area contributed by atoms with Crippen molar-refractivity contribution in [1.29, 1.82) is 0 Å². The van der Waals surface area contributed by atoms with Crippen molar-refractivity contribution < 1.29 is 74.2 Å². The van der Waals surface area contributed by atoms with E-state index in [1.54, 1.807) is 126 Å². The number of halogens is 7. The highest BCUT2D eigenvalue weighted by Gasteiger charge is 2.33. The summed E-state index contributed by atoms with van der Waals surface area (Å²) < 4.78 is 93.6. The van der Waals surface area contributed by atoms with Crippen LogP contribution in [0, 0.1) is 0 Å². The summed E-state index contributed by atoms with van der Waals surface area (Å²) in [7, 11) is 4.64. The third kappa shape index (κ3) is 35.8. The van der Waals surface area contributed by atoms with E-state index in [4.69, 9.17) is 4.74 Å². The number of para-hydroxylation sites is 1. The first kappa shape index (κ1) is 106. The second-order valence-corrected chi connectivity index (χ2v) is 32.8. The number of aromatic nitrogens is 24. The van der Waals surface area contributed by atoms with Gasteiger partial charge in [0.25, 0.3) is 23.6 Å². The van der Waals surface area contributed by atoms with Gasteiger partial charge in [-0.05, 0) is 209 Å². The van der Waals surface area contributed by atoms with Gasteiger partial charge in [-0.15, -0.1) is 54.0 Å². The van der Waals surface area contributed by atoms with Crippen molar-refractivity contribution in [3.63, 3.8) is 0 Å². The Kier molecular flexibility index (Phi) is 39.9. The maximum Gasteiger partial charge on any atom is 0.573 e. The normalized spacial score (nSPS) is 11.6. The second kappa shape index (κ2) is 54.1. The third-order valence-electron chi connectivity index (χ3n) is 21.0. The number of nitrogens with one attached hydrogen (secondary N) is 8. The van der Waals surface area contributed by atoms with Crippen molar-refractivity contribution in [2.75, 3.05) is 55.6 Å². The Labute approximate surface area is 827 Å². The van der Waals surface area contributed by atoms with Gasteiger partial charge in [0.1, 0.15) is 5.75 Å². The lowest BCUT2D eigenvalue weighted by molar-refractivity contribution is -0.274. The van der Waals surface area contributed by atoms with Crippen molar-refractivity contribution >= 4 is 92.0 Å². The van der Waals surface area contributed by atoms with Crippen LogP contribution in [-0.2, 0) is 114 Å². The summed E-state index contributed by atoms with van der Waals surface area (Å²) in [6.45, 7) is 3.62. The van der Waals surface area contributed by atoms with Crippen LogP contribution in [0.4, 0.5) is 49.6 Å². The molecule has 13 heterocycles. The quantitative estimate of drug-likeness (QED) is 0.0130. The van der Waals surface area contributed by atoms with Crippen LogP contribution < -0.4 is 47.3 Å². The molecule has 0 spiro atoms. The van der Waals surface area contributed by atoms with Crippen molar-refractivity contribution in [2.45, 2.75) is 154 Å². The minimum atomic E-state index is -4.83. The molecule has 0 unspecified atom stereocenters. The number of hydrogen-bond acceptors (Lipinski definition) is 30. The van der Waals surface area contributed by atoms with Crippen molar-refractivity contribution in [3.8, 4) is 16.9 Å². The number of alkyl halides is 6. The van der Waals surface area contributed by atoms with Gasteiger partial charge in [0, 0.05) is 87.8 Å². The SMILES string of the molecule is CNC(=O)c1cn(CCCCc2ccc(NC(=O)Cc3cc(-c4ccccc4OC(F)(F)F)ccn3)nn2)nn1.CNC(=O)c1cn(CCCCc2ccc(NC(=O)Cc3cc(Br)ccn3)nn2)nn1.CNC(=O)c1cn(CCCCc2ccc(NC(=O)Cc3cccc(C4=CCOCC4)c3)nn2)nn1.O=C(Cc1ccccn1)Nc1ccc(CCCCn2cc(C(=O)NCc3cc(C(F)(F)F)ccn3)nn2)nn1. The van der Waals surface area contributed by atoms with Gasteiger partial charge in [-0.25, -0.2) is 0 Å². The summed E-state index contributed by atoms with van der Waals surface area (Å²) in [5, 5.41) is 84.9. The number of anilines is 4. The third-order valence-corrected chi connectivity index (χ3v) is 21.5. The molecule has 8 N–H and O–H groups in total. The summed E-state index contributed by atoms with van der Waals surface area (Å²) in [4.78, 5) is 112. The molecule has 49 heteroatoms. The van der Waals surface area contributed by atoms with Crippen molar-refractivity contribution in [2.24, 2.45) is 0 Å². The largest absolute Gasteiger partial charge is 0.573 e. The summed E-state index contributed by atoms with van der Waals surface area (Å²) in [5.74, 6) is -1.22. The molecule has 1 aliphatic rings. The zero-order valence-corrected chi connectivity index (χ0v) is 79.6. The van der Waals surface area contributed by atoms with Crippen LogP contribution in [0.5, 0.6) is 5.75 Å². The van der Waals surface area contributed by atoms with Crippen molar-refractivity contribution in [1.82, 2.24) is 142 Å². The number of nitrogens with zero attached hydrogens (tertiary/aromatic N) is 24. The minimum absolute atomic E-state index is 0.0496. The fraction of sp³-hybridized carbons (Fsp3) is 0.305. The number of amides is 8. The number of aryl methyl sites for hydroxylation is 8. The van der Waals surface area contributed by atoms with Crippen LogP contribution in [0.1, 0.15) is 162 Å². The summed E-state index contributed by atoms with van der Waals surface area (Å²) in [6, 6.07) is 41.7. The number of pyridine rings is 4. The highest BCUT2D eigenvalue weighted by Crippen LogP contribution is 2.35. The van der Waals surface area contributed by atoms with Crippen LogP contribution in [-0.4, -0.2) is 209 Å². The molecule has 748 valence electrons. The Morgan fingerprint density at radius 1 is 0.389 bits per heavy atom. The minimum Gasteiger partial charge on any atom is -0.405 e. The average Bonchev–Trinajstić information content (AvgIpc) is 1.48. The highest BCUT2D eigenvalue weighted by atomic mass is 79.9. The highest BCUT2D eigenvalue weighted by molar-refractivity contribution is 9.10. The van der Waals surface area contributed by atoms with Crippen molar-refractivity contribution in [3.05, 3.63) is 297 Å². The smallest absolute Gasteiger partial charge is 0.405 e. The van der Waals surface area contributed by atoms with E-state index in [2.05, 4.69) is 183 Å². The molecule has 0 aliphatic carbocycles. The van der Waals surface area contributed by atoms with Gasteiger partial charge in [0.15, 0.2) is 46.0 Å². The predicted octanol–water partition coefficient (Wildman–Crippen LogP) is 10.8. The van der Waals surface area contributed by atoms with Gasteiger partial charge in [0.2, 0.25) is 23.6 Å². The molecule has 2 aromatic carbocycles. The van der Waals surface area contributed by atoms with Crippen LogP contribution >= 0.6 is 15.9 Å². The molecule has 144 heavy (non-hydrogen) atoms. The molecule has 42 nitrogen and oxygen atoms in total. The number of carbonyl (C=O) groups excluding carboxylic acids is 8. The maximum absolute atomic E-state index is 12.8. The van der Waals surface area contributed by atoms with Gasteiger partial charge >= 0.3 is 12.5 Å². The Bertz CT molecular complexity index is 6620. The fourth-order valence-corrected chi connectivity index (χ4v) is 14.2. The molecule has 0 atom stereocenters. The summed E-state index contributed by atoms with van der Waals surface area (Å²) >= 11 is 3.36. The Morgan fingerprint density at radius 3 is 1.24 bits per heavy atom. The van der Waals surface area contributed by atoms with Crippen LogP contribution in [0.15, 0.2) is 212 Å². The molecule has 0 radical (unpaired) electrons. The van der Waals surface area contributed by atoms with E-state index in [0.717, 1.165) is 134 Å². The molecule has 14 aromatic rings. The Balaban J connectivity index is 0.000000172. The number of ether oxygens (including phenoxy) is 2. The van der Waals surface area contributed by atoms with Gasteiger partial charge in [-0.1, -0.05) is 91.4 Å². The van der Waals surface area contributed by atoms with E-state index in [1.165, 1.54) is 60.0 Å². The molecule has 0 saturated carbocycles. The summed E-state index contributed by atoms with van der Waals surface area (Å²) in [6.07, 6.45) is 15.5. The Hall–Kier alpha value is -16.8. The van der Waals surface area contributed by atoms with E-state index in [0.29, 0.717) is 97.1 Å². The predicted molar refractivity (Wildman–Crippen MR) is 512 cm³/mol. The van der Waals surface area contributed by atoms with E-state index < -0.39 is 29.9 Å². The molecule has 1 aliphatic heterocycles. The number of unbranched alkanes of at least 4 members (excludes halogenated alkanes) is 4. The number of hydrogen-bond donors (Lipinski definition) is 8. The number of benzene rings is 2. The van der Waals surface area contributed by atoms with Gasteiger partial charge < -0.3 is 52.0 Å².